The lowest BCUT2D eigenvalue weighted by Crippen LogP contribution is -2.37. The molecule has 0 radical (unpaired) electrons. The molecule has 5 aromatic rings. The third-order valence-corrected chi connectivity index (χ3v) is 6.88. The molecule has 44 heavy (non-hydrogen) atoms. The number of anilines is 3. The average Bonchev–Trinajstić information content (AvgIpc) is 3.40. The number of nitrogens with one attached hydrogen (secondary N) is 3. The number of carbonyl (C=O) groups is 3. The summed E-state index contributed by atoms with van der Waals surface area (Å²) >= 11 is 0. The van der Waals surface area contributed by atoms with Gasteiger partial charge in [-0.05, 0) is 42.3 Å². The number of aromatic carboxylic acids is 1. The summed E-state index contributed by atoms with van der Waals surface area (Å²) in [5.74, 6) is -2.81. The van der Waals surface area contributed by atoms with Crippen LogP contribution in [0.4, 0.5) is 21.6 Å². The second-order valence-electron chi connectivity index (χ2n) is 9.90. The molecule has 8 N–H and O–H groups in total. The maximum Gasteiger partial charge on any atom is 0.335 e. The van der Waals surface area contributed by atoms with Gasteiger partial charge in [0.25, 0.3) is 22.7 Å². The third-order valence-electron chi connectivity index (χ3n) is 6.88. The Balaban J connectivity index is 1.30. The number of nitrogens with two attached hydrogens (primary N) is 2. The van der Waals surface area contributed by atoms with E-state index in [0.29, 0.717) is 11.1 Å². The Morgan fingerprint density at radius 2 is 1.70 bits per heavy atom. The van der Waals surface area contributed by atoms with Crippen molar-refractivity contribution >= 4 is 40.6 Å². The molecule has 0 saturated heterocycles. The van der Waals surface area contributed by atoms with Crippen molar-refractivity contribution in [3.05, 3.63) is 115 Å². The van der Waals surface area contributed by atoms with Crippen LogP contribution in [-0.4, -0.2) is 37.5 Å². The van der Waals surface area contributed by atoms with Crippen molar-refractivity contribution in [3.63, 3.8) is 0 Å². The van der Waals surface area contributed by atoms with Gasteiger partial charge in [-0.2, -0.15) is 0 Å². The lowest BCUT2D eigenvalue weighted by atomic mass is 10.1. The number of rotatable bonds is 10. The van der Waals surface area contributed by atoms with Crippen LogP contribution in [-0.2, 0) is 13.1 Å². The molecule has 0 aliphatic carbocycles. The van der Waals surface area contributed by atoms with Gasteiger partial charge in [0.2, 0.25) is 0 Å². The minimum Gasteiger partial charge on any atom is -0.478 e. The maximum atomic E-state index is 14.4. The van der Waals surface area contributed by atoms with Gasteiger partial charge in [-0.15, -0.1) is 5.10 Å². The summed E-state index contributed by atoms with van der Waals surface area (Å²) in [7, 11) is 0. The molecule has 2 aromatic heterocycles. The fourth-order valence-corrected chi connectivity index (χ4v) is 4.45. The van der Waals surface area contributed by atoms with Crippen LogP contribution in [0.3, 0.4) is 0 Å². The molecule has 3 aromatic carbocycles. The van der Waals surface area contributed by atoms with Crippen molar-refractivity contribution in [2.24, 2.45) is 0 Å². The Morgan fingerprint density at radius 1 is 0.977 bits per heavy atom. The summed E-state index contributed by atoms with van der Waals surface area (Å²) in [6.45, 7) is 1.55. The van der Waals surface area contributed by atoms with Crippen molar-refractivity contribution < 1.29 is 23.9 Å². The number of hydrogen-bond donors (Lipinski definition) is 6. The van der Waals surface area contributed by atoms with Crippen molar-refractivity contribution in [1.29, 1.82) is 0 Å². The van der Waals surface area contributed by atoms with Gasteiger partial charge in [0, 0.05) is 30.8 Å². The van der Waals surface area contributed by atoms with Crippen LogP contribution in [0.15, 0.2) is 64.2 Å². The third kappa shape index (κ3) is 5.78. The zero-order valence-electron chi connectivity index (χ0n) is 23.1. The maximum absolute atomic E-state index is 14.4. The Labute approximate surface area is 247 Å². The number of fused-ring (bicyclic) bond motifs is 1. The Kier molecular flexibility index (Phi) is 7.77. The lowest BCUT2D eigenvalue weighted by Gasteiger charge is -2.15. The number of carbonyl (C=O) groups excluding carboxylic acids is 2. The Hall–Kier alpha value is -6.12. The number of amides is 2. The highest BCUT2D eigenvalue weighted by Crippen LogP contribution is 2.18. The highest BCUT2D eigenvalue weighted by molar-refractivity contribution is 5.98. The van der Waals surface area contributed by atoms with E-state index < -0.39 is 40.5 Å². The van der Waals surface area contributed by atoms with Crippen LogP contribution in [0.1, 0.15) is 61.0 Å². The second kappa shape index (κ2) is 11.6. The van der Waals surface area contributed by atoms with Crippen LogP contribution in [0.5, 0.6) is 0 Å². The number of carboxylic acid groups (broad SMARTS) is 1. The van der Waals surface area contributed by atoms with Crippen molar-refractivity contribution in [1.82, 2.24) is 25.2 Å². The molecular formula is C29H25FN8O6. The highest BCUT2D eigenvalue weighted by atomic mass is 19.1. The van der Waals surface area contributed by atoms with Crippen LogP contribution in [0, 0.1) is 5.82 Å². The first-order chi connectivity index (χ1) is 20.9. The summed E-state index contributed by atoms with van der Waals surface area (Å²) in [6, 6.07) is 12.3. The largest absolute Gasteiger partial charge is 0.478 e. The predicted octanol–water partition coefficient (Wildman–Crippen LogP) is 1.36. The van der Waals surface area contributed by atoms with Crippen LogP contribution in [0.25, 0.3) is 5.65 Å². The van der Waals surface area contributed by atoms with Crippen molar-refractivity contribution in [3.8, 4) is 0 Å². The molecule has 0 aliphatic heterocycles. The molecule has 224 valence electrons. The van der Waals surface area contributed by atoms with Crippen LogP contribution in [0.2, 0.25) is 0 Å². The summed E-state index contributed by atoms with van der Waals surface area (Å²) in [6.07, 6.45) is 0. The number of carboxylic acids is 1. The van der Waals surface area contributed by atoms with E-state index >= 15 is 0 Å². The van der Waals surface area contributed by atoms with Crippen LogP contribution < -0.4 is 38.3 Å². The van der Waals surface area contributed by atoms with Gasteiger partial charge in [0.15, 0.2) is 5.65 Å². The van der Waals surface area contributed by atoms with E-state index in [1.165, 1.54) is 47.0 Å². The van der Waals surface area contributed by atoms with E-state index in [2.05, 4.69) is 26.0 Å². The average molecular weight is 601 g/mol. The number of halogens is 1. The number of nitrogens with zero attached hydrogens (tertiary/aromatic N) is 3. The summed E-state index contributed by atoms with van der Waals surface area (Å²) in [5.41, 5.74) is 10.9. The minimum atomic E-state index is -1.07. The first-order valence-electron chi connectivity index (χ1n) is 13.1. The molecule has 0 saturated carbocycles. The monoisotopic (exact) mass is 600 g/mol. The van der Waals surface area contributed by atoms with Gasteiger partial charge in [0.05, 0.1) is 11.6 Å². The predicted molar refractivity (Wildman–Crippen MR) is 157 cm³/mol. The second-order valence-corrected chi connectivity index (χ2v) is 9.90. The van der Waals surface area contributed by atoms with E-state index in [0.717, 1.165) is 0 Å². The summed E-state index contributed by atoms with van der Waals surface area (Å²) in [5, 5.41) is 21.3. The SMILES string of the molecule is C[C@H](NC(=O)c1cc(C(=O)NCc2ccc(F)c(CNc3c(N)c(=O)c3=O)c2)nc2cc(N)nn12)c1ccc(C(=O)O)cc1. The number of aromatic nitrogens is 3. The fourth-order valence-electron chi connectivity index (χ4n) is 4.45. The zero-order valence-corrected chi connectivity index (χ0v) is 23.1. The van der Waals surface area contributed by atoms with Gasteiger partial charge in [0.1, 0.15) is 34.4 Å². The molecule has 0 unspecified atom stereocenters. The molecule has 0 fully saturated rings. The standard InChI is InChI=1S/C29H25FN8O6/c1-13(15-3-5-16(6-4-15)29(43)44)35-28(42)20-9-19(36-22-10-21(31)37-38(20)22)27(41)34-11-14-2-7-18(30)17(8-14)12-33-24-23(32)25(39)26(24)40/h2-10,13,33H,11-12,32H2,1H3,(H2,31,37)(H,34,41)(H,35,42)(H,43,44)/t13-/m0/s1. The molecule has 2 heterocycles. The zero-order chi connectivity index (χ0) is 31.7. The first-order valence-corrected chi connectivity index (χ1v) is 13.1. The topological polar surface area (TPSA) is 224 Å². The van der Waals surface area contributed by atoms with Crippen LogP contribution >= 0.6 is 0 Å². The number of nitrogen functional groups attached to an aromatic ring is 2. The minimum absolute atomic E-state index is 0.0291. The highest BCUT2D eigenvalue weighted by Gasteiger charge is 2.21. The molecule has 15 heteroatoms. The van der Waals surface area contributed by atoms with Gasteiger partial charge in [-0.3, -0.25) is 19.2 Å². The molecule has 0 spiro atoms. The smallest absolute Gasteiger partial charge is 0.335 e. The van der Waals surface area contributed by atoms with Gasteiger partial charge in [-0.1, -0.05) is 18.2 Å². The van der Waals surface area contributed by atoms with E-state index in [1.54, 1.807) is 19.1 Å². The number of benzene rings is 2. The molecule has 1 atom stereocenters. The lowest BCUT2D eigenvalue weighted by molar-refractivity contribution is 0.0696. The quantitative estimate of drug-likeness (QED) is 0.126. The Bertz CT molecular complexity index is 2010. The molecule has 0 bridgehead atoms. The number of hydrogen-bond acceptors (Lipinski definition) is 10. The Morgan fingerprint density at radius 3 is 2.39 bits per heavy atom. The molecular weight excluding hydrogens is 575 g/mol. The van der Waals surface area contributed by atoms with Crippen molar-refractivity contribution in [2.45, 2.75) is 26.1 Å². The van der Waals surface area contributed by atoms with Crippen molar-refractivity contribution in [2.75, 3.05) is 16.8 Å². The molecule has 14 nitrogen and oxygen atoms in total. The molecule has 0 aliphatic rings. The molecule has 2 amide bonds. The molecule has 5 rings (SSSR count). The first kappa shape index (κ1) is 29.4. The van der Waals surface area contributed by atoms with E-state index in [4.69, 9.17) is 16.6 Å². The summed E-state index contributed by atoms with van der Waals surface area (Å²) in [4.78, 5) is 64.7. The normalized spacial score (nSPS) is 11.8. The van der Waals surface area contributed by atoms with Gasteiger partial charge < -0.3 is 32.5 Å². The van der Waals surface area contributed by atoms with E-state index in [1.807, 2.05) is 0 Å². The van der Waals surface area contributed by atoms with E-state index in [-0.39, 0.29) is 58.4 Å². The summed E-state index contributed by atoms with van der Waals surface area (Å²) < 4.78 is 15.6. The van der Waals surface area contributed by atoms with E-state index in [9.17, 15) is 28.4 Å². The van der Waals surface area contributed by atoms with Gasteiger partial charge >= 0.3 is 5.97 Å². The van der Waals surface area contributed by atoms with Gasteiger partial charge in [-0.25, -0.2) is 18.7 Å². The fraction of sp³-hybridized carbons (Fsp3) is 0.138.